The zero-order valence-electron chi connectivity index (χ0n) is 17.3. The molecule has 31 heavy (non-hydrogen) atoms. The van der Waals surface area contributed by atoms with Gasteiger partial charge in [0.2, 0.25) is 10.0 Å². The standard InChI is InChI=1S/C17H26N2O4S.C2HF3O2/c1-22-16-6-4-3-5-14(16)12-19-9-8-17(13-19)11-15(7-10-23-17)18-24(2,20)21;3-2(4,5)1(6)7/h3-6,15,18H,7-13H2,1-2H3;(H,6,7)/t15-,17+;/m0./s1. The highest BCUT2D eigenvalue weighted by Crippen LogP contribution is 2.35. The molecule has 2 heterocycles. The predicted molar refractivity (Wildman–Crippen MR) is 106 cm³/mol. The number of hydrogen-bond acceptors (Lipinski definition) is 6. The molecule has 2 N–H and O–H groups in total. The molecular formula is C19H27F3N2O6S. The van der Waals surface area contributed by atoms with E-state index in [1.54, 1.807) is 7.11 Å². The number of alkyl halides is 3. The maximum atomic E-state index is 11.5. The van der Waals surface area contributed by atoms with Crippen LogP contribution in [-0.2, 0) is 26.1 Å². The Morgan fingerprint density at radius 1 is 1.39 bits per heavy atom. The monoisotopic (exact) mass is 468 g/mol. The fourth-order valence-corrected chi connectivity index (χ4v) is 4.66. The van der Waals surface area contributed by atoms with E-state index in [1.165, 1.54) is 11.8 Å². The number of likely N-dealkylation sites (tertiary alicyclic amines) is 1. The number of rotatable bonds is 5. The van der Waals surface area contributed by atoms with Crippen molar-refractivity contribution < 1.29 is 41.0 Å². The summed E-state index contributed by atoms with van der Waals surface area (Å²) in [6, 6.07) is 8.02. The number of methoxy groups -OCH3 is 1. The second-order valence-electron chi connectivity index (χ2n) is 7.69. The molecule has 1 aromatic rings. The van der Waals surface area contributed by atoms with Gasteiger partial charge in [-0.15, -0.1) is 0 Å². The van der Waals surface area contributed by atoms with Crippen molar-refractivity contribution in [3.63, 3.8) is 0 Å². The van der Waals surface area contributed by atoms with E-state index < -0.39 is 22.2 Å². The van der Waals surface area contributed by atoms with Gasteiger partial charge in [-0.25, -0.2) is 17.9 Å². The summed E-state index contributed by atoms with van der Waals surface area (Å²) in [5.74, 6) is -1.85. The first-order chi connectivity index (χ1) is 14.3. The van der Waals surface area contributed by atoms with Crippen molar-refractivity contribution in [1.29, 1.82) is 0 Å². The van der Waals surface area contributed by atoms with Crippen LogP contribution < -0.4 is 9.46 Å². The number of carboxylic acids is 1. The first-order valence-corrected chi connectivity index (χ1v) is 11.5. The Kier molecular flexibility index (Phi) is 8.31. The molecule has 0 unspecified atom stereocenters. The van der Waals surface area contributed by atoms with Crippen LogP contribution in [0.2, 0.25) is 0 Å². The fourth-order valence-electron chi connectivity index (χ4n) is 3.85. The molecule has 1 spiro atoms. The molecule has 0 radical (unpaired) electrons. The van der Waals surface area contributed by atoms with E-state index in [-0.39, 0.29) is 11.6 Å². The quantitative estimate of drug-likeness (QED) is 0.681. The maximum absolute atomic E-state index is 11.5. The van der Waals surface area contributed by atoms with Gasteiger partial charge in [0.05, 0.1) is 19.0 Å². The van der Waals surface area contributed by atoms with Gasteiger partial charge < -0.3 is 14.6 Å². The molecule has 12 heteroatoms. The van der Waals surface area contributed by atoms with E-state index in [0.717, 1.165) is 44.6 Å². The van der Waals surface area contributed by atoms with Gasteiger partial charge in [-0.05, 0) is 25.3 Å². The molecule has 0 aromatic heterocycles. The minimum absolute atomic E-state index is 0.0278. The van der Waals surface area contributed by atoms with Gasteiger partial charge in [-0.3, -0.25) is 4.90 Å². The van der Waals surface area contributed by atoms with Gasteiger partial charge in [0.15, 0.2) is 0 Å². The van der Waals surface area contributed by atoms with Gasteiger partial charge in [0.1, 0.15) is 5.75 Å². The first kappa shape index (κ1) is 25.4. The highest BCUT2D eigenvalue weighted by atomic mass is 32.2. The number of nitrogens with zero attached hydrogens (tertiary/aromatic N) is 1. The third kappa shape index (κ3) is 7.95. The molecule has 2 atom stereocenters. The summed E-state index contributed by atoms with van der Waals surface area (Å²) in [6.45, 7) is 3.20. The SMILES string of the molecule is COc1ccccc1CN1CC[C@@]2(C[C@@H](NS(C)(=O)=O)CCO2)C1.O=C(O)C(F)(F)F. The summed E-state index contributed by atoms with van der Waals surface area (Å²) in [7, 11) is -1.49. The van der Waals surface area contributed by atoms with Gasteiger partial charge >= 0.3 is 12.1 Å². The summed E-state index contributed by atoms with van der Waals surface area (Å²) in [5, 5.41) is 7.12. The zero-order chi connectivity index (χ0) is 23.3. The van der Waals surface area contributed by atoms with Gasteiger partial charge in [0.25, 0.3) is 0 Å². The average Bonchev–Trinajstić information content (AvgIpc) is 3.02. The van der Waals surface area contributed by atoms with Crippen molar-refractivity contribution in [2.24, 2.45) is 0 Å². The van der Waals surface area contributed by atoms with E-state index in [9.17, 15) is 21.6 Å². The number of hydrogen-bond donors (Lipinski definition) is 2. The van der Waals surface area contributed by atoms with Crippen LogP contribution >= 0.6 is 0 Å². The Hall–Kier alpha value is -1.89. The molecule has 176 valence electrons. The van der Waals surface area contributed by atoms with Crippen molar-refractivity contribution in [3.8, 4) is 5.75 Å². The van der Waals surface area contributed by atoms with E-state index >= 15 is 0 Å². The van der Waals surface area contributed by atoms with E-state index in [1.807, 2.05) is 18.2 Å². The van der Waals surface area contributed by atoms with Crippen molar-refractivity contribution in [3.05, 3.63) is 29.8 Å². The predicted octanol–water partition coefficient (Wildman–Crippen LogP) is 2.00. The van der Waals surface area contributed by atoms with Crippen molar-refractivity contribution >= 4 is 16.0 Å². The smallest absolute Gasteiger partial charge is 0.490 e. The number of sulfonamides is 1. The molecule has 0 aliphatic carbocycles. The number of ether oxygens (including phenoxy) is 2. The first-order valence-electron chi connectivity index (χ1n) is 9.59. The summed E-state index contributed by atoms with van der Waals surface area (Å²) in [4.78, 5) is 11.3. The molecule has 3 rings (SSSR count). The highest BCUT2D eigenvalue weighted by molar-refractivity contribution is 7.88. The third-order valence-corrected chi connectivity index (χ3v) is 5.86. The minimum Gasteiger partial charge on any atom is -0.496 e. The van der Waals surface area contributed by atoms with Crippen LogP contribution in [0.4, 0.5) is 13.2 Å². The zero-order valence-corrected chi connectivity index (χ0v) is 18.1. The molecule has 2 aliphatic rings. The number of carboxylic acid groups (broad SMARTS) is 1. The Morgan fingerprint density at radius 2 is 2.03 bits per heavy atom. The highest BCUT2D eigenvalue weighted by Gasteiger charge is 2.43. The summed E-state index contributed by atoms with van der Waals surface area (Å²) in [5.41, 5.74) is 0.932. The molecule has 0 amide bonds. The van der Waals surface area contributed by atoms with Gasteiger partial charge in [-0.1, -0.05) is 18.2 Å². The lowest BCUT2D eigenvalue weighted by Crippen LogP contribution is -2.49. The fraction of sp³-hybridized carbons (Fsp3) is 0.632. The number of carbonyl (C=O) groups is 1. The Bertz CT molecular complexity index is 864. The van der Waals surface area contributed by atoms with Crippen LogP contribution in [0.5, 0.6) is 5.75 Å². The van der Waals surface area contributed by atoms with Crippen molar-refractivity contribution in [2.75, 3.05) is 33.1 Å². The van der Waals surface area contributed by atoms with Crippen LogP contribution in [0.15, 0.2) is 24.3 Å². The van der Waals surface area contributed by atoms with E-state index in [4.69, 9.17) is 19.4 Å². The Labute approximate surface area is 179 Å². The molecule has 8 nitrogen and oxygen atoms in total. The summed E-state index contributed by atoms with van der Waals surface area (Å²) in [6.07, 6.45) is -1.45. The summed E-state index contributed by atoms with van der Waals surface area (Å²) < 4.78 is 69.0. The second-order valence-corrected chi connectivity index (χ2v) is 9.47. The molecule has 2 saturated heterocycles. The maximum Gasteiger partial charge on any atom is 0.490 e. The van der Waals surface area contributed by atoms with Crippen LogP contribution in [0, 0.1) is 0 Å². The normalized spacial score (nSPS) is 24.5. The lowest BCUT2D eigenvalue weighted by atomic mass is 9.90. The lowest BCUT2D eigenvalue weighted by molar-refractivity contribution is -0.192. The van der Waals surface area contributed by atoms with E-state index in [0.29, 0.717) is 6.61 Å². The van der Waals surface area contributed by atoms with Gasteiger partial charge in [-0.2, -0.15) is 13.2 Å². The number of nitrogens with one attached hydrogen (secondary N) is 1. The lowest BCUT2D eigenvalue weighted by Gasteiger charge is -2.38. The Morgan fingerprint density at radius 3 is 2.61 bits per heavy atom. The van der Waals surface area contributed by atoms with E-state index in [2.05, 4.69) is 15.7 Å². The van der Waals surface area contributed by atoms with Crippen molar-refractivity contribution in [1.82, 2.24) is 9.62 Å². The van der Waals surface area contributed by atoms with Crippen LogP contribution in [0.3, 0.4) is 0 Å². The van der Waals surface area contributed by atoms with Crippen LogP contribution in [0.1, 0.15) is 24.8 Å². The molecule has 0 bridgehead atoms. The molecule has 1 aromatic carbocycles. The second kappa shape index (κ2) is 10.2. The van der Waals surface area contributed by atoms with Crippen LogP contribution in [0.25, 0.3) is 0 Å². The average molecular weight is 468 g/mol. The number of benzene rings is 1. The topological polar surface area (TPSA) is 105 Å². The number of aliphatic carboxylic acids is 1. The summed E-state index contributed by atoms with van der Waals surface area (Å²) >= 11 is 0. The van der Waals surface area contributed by atoms with Crippen molar-refractivity contribution in [2.45, 2.75) is 43.6 Å². The molecule has 2 fully saturated rings. The largest absolute Gasteiger partial charge is 0.496 e. The molecular weight excluding hydrogens is 441 g/mol. The minimum atomic E-state index is -5.08. The molecule has 0 saturated carbocycles. The van der Waals surface area contributed by atoms with Crippen LogP contribution in [-0.4, -0.2) is 75.3 Å². The van der Waals surface area contributed by atoms with Gasteiger partial charge in [0, 0.05) is 37.8 Å². The number of para-hydroxylation sites is 1. The molecule has 2 aliphatic heterocycles. The Balaban J connectivity index is 0.000000423. The third-order valence-electron chi connectivity index (χ3n) is 5.10. The number of halogens is 3.